The van der Waals surface area contributed by atoms with Crippen LogP contribution in [-0.4, -0.2) is 18.1 Å². The monoisotopic (exact) mass is 298 g/mol. The number of rotatable bonds is 3. The summed E-state index contributed by atoms with van der Waals surface area (Å²) >= 11 is 1.00. The predicted molar refractivity (Wildman–Crippen MR) is 72.3 cm³/mol. The summed E-state index contributed by atoms with van der Waals surface area (Å²) in [5.41, 5.74) is 6.78. The number of carbonyl (C=O) groups is 1. The van der Waals surface area contributed by atoms with Gasteiger partial charge in [0.25, 0.3) is 6.43 Å². The minimum atomic E-state index is -2.64. The maximum Gasteiger partial charge on any atom is 0.350 e. The molecular formula is C13H12F2N2O2S. The lowest BCUT2D eigenvalue weighted by Crippen LogP contribution is -2.02. The normalized spacial score (nSPS) is 15.0. The van der Waals surface area contributed by atoms with Gasteiger partial charge in [-0.1, -0.05) is 0 Å². The van der Waals surface area contributed by atoms with Gasteiger partial charge in [-0.05, 0) is 30.4 Å². The van der Waals surface area contributed by atoms with Crippen LogP contribution in [0.15, 0.2) is 6.07 Å². The van der Waals surface area contributed by atoms with E-state index in [2.05, 4.69) is 9.72 Å². The lowest BCUT2D eigenvalue weighted by atomic mass is 10.1. The lowest BCUT2D eigenvalue weighted by molar-refractivity contribution is 0.0607. The largest absolute Gasteiger partial charge is 0.465 e. The Morgan fingerprint density at radius 3 is 2.80 bits per heavy atom. The molecule has 0 saturated heterocycles. The van der Waals surface area contributed by atoms with E-state index in [0.29, 0.717) is 10.2 Å². The maximum absolute atomic E-state index is 12.9. The summed E-state index contributed by atoms with van der Waals surface area (Å²) < 4.78 is 30.5. The van der Waals surface area contributed by atoms with Crippen LogP contribution in [0.2, 0.25) is 0 Å². The molecule has 1 aliphatic rings. The first-order valence-corrected chi connectivity index (χ1v) is 6.93. The number of ether oxygens (including phenoxy) is 1. The number of pyridine rings is 1. The average Bonchev–Trinajstić information content (AvgIpc) is 3.22. The second-order valence-corrected chi connectivity index (χ2v) is 5.73. The highest BCUT2D eigenvalue weighted by atomic mass is 32.1. The molecule has 0 atom stereocenters. The number of methoxy groups -OCH3 is 1. The fraction of sp³-hybridized carbons (Fsp3) is 0.385. The van der Waals surface area contributed by atoms with Crippen LogP contribution in [0.1, 0.15) is 46.1 Å². The van der Waals surface area contributed by atoms with E-state index in [9.17, 15) is 13.6 Å². The van der Waals surface area contributed by atoms with E-state index in [1.165, 1.54) is 13.2 Å². The number of anilines is 1. The number of nitrogens with two attached hydrogens (primary N) is 1. The van der Waals surface area contributed by atoms with Gasteiger partial charge in [0.15, 0.2) is 0 Å². The fourth-order valence-corrected chi connectivity index (χ4v) is 3.30. The smallest absolute Gasteiger partial charge is 0.350 e. The van der Waals surface area contributed by atoms with E-state index in [1.807, 2.05) is 0 Å². The first kappa shape index (κ1) is 13.2. The number of hydrogen-bond donors (Lipinski definition) is 1. The molecule has 0 spiro atoms. The van der Waals surface area contributed by atoms with Crippen molar-refractivity contribution in [1.82, 2.24) is 4.98 Å². The van der Waals surface area contributed by atoms with E-state index >= 15 is 0 Å². The van der Waals surface area contributed by atoms with Crippen molar-refractivity contribution < 1.29 is 18.3 Å². The van der Waals surface area contributed by atoms with Crippen LogP contribution in [0.4, 0.5) is 14.5 Å². The molecule has 7 heteroatoms. The van der Waals surface area contributed by atoms with Gasteiger partial charge in [-0.15, -0.1) is 11.3 Å². The van der Waals surface area contributed by atoms with Gasteiger partial charge in [0, 0.05) is 5.39 Å². The predicted octanol–water partition coefficient (Wildman–Crippen LogP) is 3.48. The third-order valence-electron chi connectivity index (χ3n) is 3.36. The molecule has 2 aromatic heterocycles. The lowest BCUT2D eigenvalue weighted by Gasteiger charge is -2.06. The van der Waals surface area contributed by atoms with Crippen molar-refractivity contribution in [3.05, 3.63) is 22.2 Å². The number of nitrogen functional groups attached to an aromatic ring is 1. The highest BCUT2D eigenvalue weighted by molar-refractivity contribution is 7.21. The van der Waals surface area contributed by atoms with Crippen molar-refractivity contribution in [3.8, 4) is 0 Å². The van der Waals surface area contributed by atoms with Crippen LogP contribution in [-0.2, 0) is 4.74 Å². The van der Waals surface area contributed by atoms with Gasteiger partial charge in [-0.25, -0.2) is 18.6 Å². The molecule has 0 bridgehead atoms. The molecule has 0 unspecified atom stereocenters. The van der Waals surface area contributed by atoms with Crippen molar-refractivity contribution in [2.45, 2.75) is 25.2 Å². The number of thiophene rings is 1. The van der Waals surface area contributed by atoms with Gasteiger partial charge >= 0.3 is 5.97 Å². The van der Waals surface area contributed by atoms with Crippen LogP contribution in [0, 0.1) is 0 Å². The van der Waals surface area contributed by atoms with Crippen LogP contribution in [0.25, 0.3) is 10.2 Å². The third-order valence-corrected chi connectivity index (χ3v) is 4.44. The fourth-order valence-electron chi connectivity index (χ4n) is 2.24. The van der Waals surface area contributed by atoms with Crippen molar-refractivity contribution in [1.29, 1.82) is 0 Å². The SMILES string of the molecule is COC(=O)c1sc2nc(C(F)F)cc(C3CC3)c2c1N. The van der Waals surface area contributed by atoms with Crippen molar-refractivity contribution in [2.24, 2.45) is 0 Å². The Kier molecular flexibility index (Phi) is 3.08. The van der Waals surface area contributed by atoms with Gasteiger partial charge in [0.05, 0.1) is 12.8 Å². The number of carbonyl (C=O) groups excluding carboxylic acids is 1. The summed E-state index contributed by atoms with van der Waals surface area (Å²) in [5.74, 6) is -0.328. The quantitative estimate of drug-likeness (QED) is 0.881. The van der Waals surface area contributed by atoms with Gasteiger partial charge in [0.1, 0.15) is 15.4 Å². The van der Waals surface area contributed by atoms with Crippen LogP contribution >= 0.6 is 11.3 Å². The summed E-state index contributed by atoms with van der Waals surface area (Å²) in [6, 6.07) is 1.41. The number of halogens is 2. The second-order valence-electron chi connectivity index (χ2n) is 4.73. The molecule has 106 valence electrons. The second kappa shape index (κ2) is 4.66. The van der Waals surface area contributed by atoms with Gasteiger partial charge < -0.3 is 10.5 Å². The van der Waals surface area contributed by atoms with Crippen LogP contribution in [0.5, 0.6) is 0 Å². The van der Waals surface area contributed by atoms with Crippen molar-refractivity contribution >= 4 is 33.2 Å². The molecule has 1 aliphatic carbocycles. The Balaban J connectivity index is 2.27. The molecule has 0 aromatic carbocycles. The third kappa shape index (κ3) is 2.02. The minimum absolute atomic E-state index is 0.225. The zero-order valence-corrected chi connectivity index (χ0v) is 11.5. The zero-order valence-electron chi connectivity index (χ0n) is 10.7. The molecule has 4 nitrogen and oxygen atoms in total. The Bertz CT molecular complexity index is 695. The summed E-state index contributed by atoms with van der Waals surface area (Å²) in [7, 11) is 1.26. The van der Waals surface area contributed by atoms with E-state index in [1.54, 1.807) is 0 Å². The number of esters is 1. The number of aromatic nitrogens is 1. The number of fused-ring (bicyclic) bond motifs is 1. The number of alkyl halides is 2. The van der Waals surface area contributed by atoms with Gasteiger partial charge in [-0.3, -0.25) is 0 Å². The Morgan fingerprint density at radius 2 is 2.25 bits per heavy atom. The number of nitrogens with zero attached hydrogens (tertiary/aromatic N) is 1. The molecule has 0 aliphatic heterocycles. The van der Waals surface area contributed by atoms with Crippen molar-refractivity contribution in [3.63, 3.8) is 0 Å². The van der Waals surface area contributed by atoms with Gasteiger partial charge in [-0.2, -0.15) is 0 Å². The average molecular weight is 298 g/mol. The van der Waals surface area contributed by atoms with E-state index in [4.69, 9.17) is 5.73 Å². The van der Waals surface area contributed by atoms with Crippen LogP contribution in [0.3, 0.4) is 0 Å². The molecule has 2 heterocycles. The van der Waals surface area contributed by atoms with E-state index in [0.717, 1.165) is 29.7 Å². The van der Waals surface area contributed by atoms with E-state index in [-0.39, 0.29) is 22.2 Å². The van der Waals surface area contributed by atoms with E-state index < -0.39 is 12.4 Å². The minimum Gasteiger partial charge on any atom is -0.465 e. The molecule has 20 heavy (non-hydrogen) atoms. The molecule has 0 amide bonds. The summed E-state index contributed by atoms with van der Waals surface area (Å²) in [4.78, 5) is 16.2. The summed E-state index contributed by atoms with van der Waals surface area (Å²) in [5, 5.41) is 0.627. The summed E-state index contributed by atoms with van der Waals surface area (Å²) in [6.45, 7) is 0. The summed E-state index contributed by atoms with van der Waals surface area (Å²) in [6.07, 6.45) is -0.739. The molecule has 0 radical (unpaired) electrons. The Hall–Kier alpha value is -1.76. The highest BCUT2D eigenvalue weighted by Gasteiger charge is 2.30. The molecule has 1 fully saturated rings. The van der Waals surface area contributed by atoms with Crippen LogP contribution < -0.4 is 5.73 Å². The topological polar surface area (TPSA) is 65.2 Å². The Labute approximate surface area is 117 Å². The molecule has 3 rings (SSSR count). The van der Waals surface area contributed by atoms with Crippen molar-refractivity contribution in [2.75, 3.05) is 12.8 Å². The Morgan fingerprint density at radius 1 is 1.55 bits per heavy atom. The zero-order chi connectivity index (χ0) is 14.4. The maximum atomic E-state index is 12.9. The first-order chi connectivity index (χ1) is 9.52. The molecule has 2 aromatic rings. The first-order valence-electron chi connectivity index (χ1n) is 6.12. The van der Waals surface area contributed by atoms with Gasteiger partial charge in [0.2, 0.25) is 0 Å². The molecule has 1 saturated carbocycles. The standard InChI is InChI=1S/C13H12F2N2O2S/c1-19-13(18)10-9(16)8-6(5-2-3-5)4-7(11(14)15)17-12(8)20-10/h4-5,11H,2-3,16H2,1H3. The molecule has 2 N–H and O–H groups in total. The number of hydrogen-bond acceptors (Lipinski definition) is 5. The molecular weight excluding hydrogens is 286 g/mol. The highest BCUT2D eigenvalue weighted by Crippen LogP contribution is 2.47.